The van der Waals surface area contributed by atoms with Crippen molar-refractivity contribution < 1.29 is 14.6 Å². The summed E-state index contributed by atoms with van der Waals surface area (Å²) in [4.78, 5) is 29.3. The van der Waals surface area contributed by atoms with Gasteiger partial charge in [-0.2, -0.15) is 0 Å². The number of carboxylic acid groups (broad SMARTS) is 1. The summed E-state index contributed by atoms with van der Waals surface area (Å²) < 4.78 is 9.25. The standard InChI is InChI=1S/C26H24ClN3O4/c1-26(25(32)33)11-9-20(26)24-28-21-8-7-18(13-22(21)29(24)2)30-12-10-19(14-23(30)31)34-15-16-3-5-17(27)6-4-16/h3-8,10,12-14,20H,9,11,15H2,1-2H3,(H,32,33). The SMILES string of the molecule is Cn1c(C2CCC2(C)C(=O)O)nc2ccc(-n3ccc(OCc4ccc(Cl)cc4)cc3=O)cc21. The van der Waals surface area contributed by atoms with Crippen LogP contribution in [0.4, 0.5) is 0 Å². The number of imidazole rings is 1. The second-order valence-corrected chi connectivity index (χ2v) is 9.44. The Bertz CT molecular complexity index is 1460. The number of carboxylic acids is 1. The van der Waals surface area contributed by atoms with Crippen molar-refractivity contribution in [2.24, 2.45) is 12.5 Å². The van der Waals surface area contributed by atoms with Crippen molar-refractivity contribution in [2.45, 2.75) is 32.3 Å². The van der Waals surface area contributed by atoms with Crippen LogP contribution in [0.1, 0.15) is 37.1 Å². The third kappa shape index (κ3) is 3.76. The van der Waals surface area contributed by atoms with E-state index in [1.807, 2.05) is 41.9 Å². The monoisotopic (exact) mass is 477 g/mol. The van der Waals surface area contributed by atoms with Crippen LogP contribution >= 0.6 is 11.6 Å². The number of benzene rings is 2. The van der Waals surface area contributed by atoms with Gasteiger partial charge in [-0.1, -0.05) is 23.7 Å². The van der Waals surface area contributed by atoms with Crippen LogP contribution in [0.25, 0.3) is 16.7 Å². The van der Waals surface area contributed by atoms with E-state index in [2.05, 4.69) is 0 Å². The second-order valence-electron chi connectivity index (χ2n) is 9.00. The van der Waals surface area contributed by atoms with Gasteiger partial charge in [0.1, 0.15) is 18.2 Å². The first-order chi connectivity index (χ1) is 16.3. The quantitative estimate of drug-likeness (QED) is 0.425. The number of aromatic nitrogens is 3. The third-order valence-electron chi connectivity index (χ3n) is 6.91. The van der Waals surface area contributed by atoms with Gasteiger partial charge < -0.3 is 14.4 Å². The highest BCUT2D eigenvalue weighted by atomic mass is 35.5. The highest BCUT2D eigenvalue weighted by Gasteiger charge is 2.51. The van der Waals surface area contributed by atoms with Crippen LogP contribution in [0, 0.1) is 5.41 Å². The maximum absolute atomic E-state index is 12.8. The zero-order valence-electron chi connectivity index (χ0n) is 18.9. The molecule has 0 spiro atoms. The topological polar surface area (TPSA) is 86.3 Å². The molecular weight excluding hydrogens is 454 g/mol. The largest absolute Gasteiger partial charge is 0.489 e. The van der Waals surface area contributed by atoms with Crippen molar-refractivity contribution in [3.8, 4) is 11.4 Å². The van der Waals surface area contributed by atoms with Crippen molar-refractivity contribution in [1.82, 2.24) is 14.1 Å². The van der Waals surface area contributed by atoms with Crippen LogP contribution in [0.5, 0.6) is 5.75 Å². The fraction of sp³-hybridized carbons (Fsp3) is 0.269. The van der Waals surface area contributed by atoms with E-state index in [-0.39, 0.29) is 11.5 Å². The first-order valence-electron chi connectivity index (χ1n) is 11.1. The fourth-order valence-corrected chi connectivity index (χ4v) is 4.69. The summed E-state index contributed by atoms with van der Waals surface area (Å²) in [6, 6.07) is 16.2. The second kappa shape index (κ2) is 8.33. The number of fused-ring (bicyclic) bond motifs is 1. The van der Waals surface area contributed by atoms with E-state index in [0.29, 0.717) is 29.5 Å². The molecule has 2 heterocycles. The number of rotatable bonds is 6. The Hall–Kier alpha value is -3.58. The lowest BCUT2D eigenvalue weighted by Gasteiger charge is -2.42. The van der Waals surface area contributed by atoms with E-state index < -0.39 is 11.4 Å². The summed E-state index contributed by atoms with van der Waals surface area (Å²) >= 11 is 5.91. The molecule has 174 valence electrons. The van der Waals surface area contributed by atoms with Gasteiger partial charge in [-0.15, -0.1) is 0 Å². The zero-order valence-corrected chi connectivity index (χ0v) is 19.6. The number of carbonyl (C=O) groups is 1. The van der Waals surface area contributed by atoms with Gasteiger partial charge >= 0.3 is 5.97 Å². The van der Waals surface area contributed by atoms with Gasteiger partial charge in [0.25, 0.3) is 5.56 Å². The molecule has 7 nitrogen and oxygen atoms in total. The lowest BCUT2D eigenvalue weighted by molar-refractivity contribution is -0.155. The van der Waals surface area contributed by atoms with Crippen LogP contribution in [-0.4, -0.2) is 25.2 Å². The predicted octanol–water partition coefficient (Wildman–Crippen LogP) is 4.92. The van der Waals surface area contributed by atoms with Crippen molar-refractivity contribution in [1.29, 1.82) is 0 Å². The molecule has 8 heteroatoms. The molecule has 4 aromatic rings. The van der Waals surface area contributed by atoms with Crippen molar-refractivity contribution in [3.63, 3.8) is 0 Å². The molecule has 0 bridgehead atoms. The van der Waals surface area contributed by atoms with Crippen molar-refractivity contribution in [2.75, 3.05) is 0 Å². The molecule has 0 aliphatic heterocycles. The number of pyridine rings is 1. The van der Waals surface area contributed by atoms with Crippen LogP contribution < -0.4 is 10.3 Å². The Morgan fingerprint density at radius 2 is 1.97 bits per heavy atom. The highest BCUT2D eigenvalue weighted by molar-refractivity contribution is 6.30. The van der Waals surface area contributed by atoms with Crippen LogP contribution in [0.15, 0.2) is 65.6 Å². The predicted molar refractivity (Wildman–Crippen MR) is 130 cm³/mol. The molecule has 0 saturated heterocycles. The maximum Gasteiger partial charge on any atom is 0.310 e. The van der Waals surface area contributed by atoms with E-state index >= 15 is 0 Å². The normalized spacial score (nSPS) is 19.7. The van der Waals surface area contributed by atoms with Gasteiger partial charge in [-0.05, 0) is 61.7 Å². The Morgan fingerprint density at radius 1 is 1.21 bits per heavy atom. The molecule has 2 aromatic carbocycles. The Labute approximate surface area is 201 Å². The molecular formula is C26H24ClN3O4. The minimum absolute atomic E-state index is 0.134. The Balaban J connectivity index is 1.41. The number of aliphatic carboxylic acids is 1. The fourth-order valence-electron chi connectivity index (χ4n) is 4.56. The summed E-state index contributed by atoms with van der Waals surface area (Å²) in [7, 11) is 1.89. The molecule has 34 heavy (non-hydrogen) atoms. The van der Waals surface area contributed by atoms with E-state index in [4.69, 9.17) is 21.3 Å². The molecule has 1 aliphatic carbocycles. The van der Waals surface area contributed by atoms with Gasteiger partial charge in [0.05, 0.1) is 22.1 Å². The first kappa shape index (κ1) is 22.2. The molecule has 2 aromatic heterocycles. The number of ether oxygens (including phenoxy) is 1. The number of hydrogen-bond donors (Lipinski definition) is 1. The number of hydrogen-bond acceptors (Lipinski definition) is 4. The summed E-state index contributed by atoms with van der Waals surface area (Å²) in [5, 5.41) is 10.3. The van der Waals surface area contributed by atoms with Crippen LogP contribution in [-0.2, 0) is 18.4 Å². The maximum atomic E-state index is 12.8. The molecule has 2 atom stereocenters. The Kier molecular flexibility index (Phi) is 5.44. The lowest BCUT2D eigenvalue weighted by Crippen LogP contribution is -2.43. The van der Waals surface area contributed by atoms with Crippen LogP contribution in [0.3, 0.4) is 0 Å². The number of aryl methyl sites for hydroxylation is 1. The Morgan fingerprint density at radius 3 is 2.62 bits per heavy atom. The first-order valence-corrected chi connectivity index (χ1v) is 11.4. The molecule has 1 N–H and O–H groups in total. The molecule has 5 rings (SSSR count). The number of halogens is 1. The molecule has 0 amide bonds. The summed E-state index contributed by atoms with van der Waals surface area (Å²) in [6.07, 6.45) is 3.12. The minimum atomic E-state index is -0.795. The molecule has 1 fully saturated rings. The molecule has 0 radical (unpaired) electrons. The van der Waals surface area contributed by atoms with E-state index in [0.717, 1.165) is 28.8 Å². The molecule has 2 unspecified atom stereocenters. The third-order valence-corrected chi connectivity index (χ3v) is 7.16. The summed E-state index contributed by atoms with van der Waals surface area (Å²) in [5.74, 6) is 0.326. The zero-order chi connectivity index (χ0) is 24.0. The van der Waals surface area contributed by atoms with E-state index in [9.17, 15) is 14.7 Å². The van der Waals surface area contributed by atoms with Crippen molar-refractivity contribution in [3.05, 3.63) is 87.6 Å². The average molecular weight is 478 g/mol. The smallest absolute Gasteiger partial charge is 0.310 e. The molecule has 1 aliphatic rings. The van der Waals surface area contributed by atoms with E-state index in [1.54, 1.807) is 35.9 Å². The van der Waals surface area contributed by atoms with Gasteiger partial charge in [0, 0.05) is 30.3 Å². The lowest BCUT2D eigenvalue weighted by atomic mass is 9.61. The van der Waals surface area contributed by atoms with Gasteiger partial charge in [0.15, 0.2) is 0 Å². The highest BCUT2D eigenvalue weighted by Crippen LogP contribution is 2.52. The molecule has 1 saturated carbocycles. The van der Waals surface area contributed by atoms with Gasteiger partial charge in [0.2, 0.25) is 0 Å². The van der Waals surface area contributed by atoms with Crippen LogP contribution in [0.2, 0.25) is 5.02 Å². The number of nitrogens with zero attached hydrogens (tertiary/aromatic N) is 3. The van der Waals surface area contributed by atoms with Gasteiger partial charge in [-0.25, -0.2) is 4.98 Å². The van der Waals surface area contributed by atoms with Gasteiger partial charge in [-0.3, -0.25) is 14.2 Å². The summed E-state index contributed by atoms with van der Waals surface area (Å²) in [6.45, 7) is 2.12. The minimum Gasteiger partial charge on any atom is -0.489 e. The summed E-state index contributed by atoms with van der Waals surface area (Å²) in [5.41, 5.74) is 2.27. The van der Waals surface area contributed by atoms with Crippen molar-refractivity contribution >= 4 is 28.6 Å². The average Bonchev–Trinajstić information content (AvgIpc) is 3.12. The van der Waals surface area contributed by atoms with E-state index in [1.165, 1.54) is 6.07 Å².